The van der Waals surface area contributed by atoms with E-state index in [1.807, 2.05) is 0 Å². The van der Waals surface area contributed by atoms with Crippen LogP contribution in [-0.4, -0.2) is 37.3 Å². The van der Waals surface area contributed by atoms with Crippen LogP contribution in [0.5, 0.6) is 0 Å². The van der Waals surface area contributed by atoms with Gasteiger partial charge >= 0.3 is 6.18 Å². The number of hydrogen-bond donors (Lipinski definition) is 1. The van der Waals surface area contributed by atoms with Crippen LogP contribution in [0.2, 0.25) is 0 Å². The Morgan fingerprint density at radius 3 is 2.46 bits per heavy atom. The van der Waals surface area contributed by atoms with Crippen molar-refractivity contribution in [1.29, 1.82) is 0 Å². The molecule has 1 aliphatic heterocycles. The van der Waals surface area contributed by atoms with Crippen LogP contribution in [0.1, 0.15) is 31.2 Å². The molecule has 9 heteroatoms. The van der Waals surface area contributed by atoms with E-state index in [9.17, 15) is 26.4 Å². The maximum Gasteiger partial charge on any atom is 0.416 e. The molecule has 1 saturated carbocycles. The van der Waals surface area contributed by atoms with E-state index in [0.29, 0.717) is 31.7 Å². The van der Waals surface area contributed by atoms with E-state index in [0.717, 1.165) is 22.5 Å². The molecule has 24 heavy (non-hydrogen) atoms. The van der Waals surface area contributed by atoms with Crippen molar-refractivity contribution >= 4 is 15.9 Å². The summed E-state index contributed by atoms with van der Waals surface area (Å²) in [5, 5.41) is 2.68. The molecule has 1 aliphatic carbocycles. The third-order valence-corrected chi connectivity index (χ3v) is 6.64. The number of amides is 1. The minimum atomic E-state index is -4.63. The predicted molar refractivity (Wildman–Crippen MR) is 79.5 cm³/mol. The molecule has 1 heterocycles. The van der Waals surface area contributed by atoms with Crippen molar-refractivity contribution in [3.63, 3.8) is 0 Å². The van der Waals surface area contributed by atoms with Crippen LogP contribution in [0.15, 0.2) is 29.2 Å². The first-order valence-electron chi connectivity index (χ1n) is 7.66. The van der Waals surface area contributed by atoms with Gasteiger partial charge in [-0.2, -0.15) is 17.5 Å². The molecular formula is C15H17F3N2O3S. The van der Waals surface area contributed by atoms with Crippen LogP contribution in [0, 0.1) is 0 Å². The lowest BCUT2D eigenvalue weighted by Gasteiger charge is -2.42. The lowest BCUT2D eigenvalue weighted by Crippen LogP contribution is -2.65. The molecule has 5 nitrogen and oxygen atoms in total. The molecule has 1 amide bonds. The number of piperazine rings is 1. The van der Waals surface area contributed by atoms with Gasteiger partial charge in [0.05, 0.1) is 10.5 Å². The molecule has 2 fully saturated rings. The molecule has 1 aromatic carbocycles. The van der Waals surface area contributed by atoms with Gasteiger partial charge in [-0.05, 0) is 31.0 Å². The number of carbonyl (C=O) groups excluding carboxylic acids is 1. The number of halogens is 3. The van der Waals surface area contributed by atoms with Crippen molar-refractivity contribution < 1.29 is 26.4 Å². The standard InChI is InChI=1S/C15H17F3N2O3S/c16-15(17,18)11-4-3-5-12(10-11)24(22,23)20-9-8-19-13(21)14(20)6-1-2-7-14/h3-5,10H,1-2,6-9H2,(H,19,21). The molecule has 0 radical (unpaired) electrons. The van der Waals surface area contributed by atoms with Gasteiger partial charge in [0, 0.05) is 13.1 Å². The highest BCUT2D eigenvalue weighted by atomic mass is 32.2. The van der Waals surface area contributed by atoms with E-state index < -0.39 is 32.2 Å². The number of alkyl halides is 3. The first kappa shape index (κ1) is 17.2. The fourth-order valence-electron chi connectivity index (χ4n) is 3.51. The van der Waals surface area contributed by atoms with Gasteiger partial charge in [0.1, 0.15) is 5.54 Å². The zero-order chi connectivity index (χ0) is 17.6. The van der Waals surface area contributed by atoms with E-state index in [2.05, 4.69) is 5.32 Å². The van der Waals surface area contributed by atoms with E-state index in [-0.39, 0.29) is 19.0 Å². The van der Waals surface area contributed by atoms with Crippen LogP contribution in [0.4, 0.5) is 13.2 Å². The van der Waals surface area contributed by atoms with E-state index in [1.165, 1.54) is 0 Å². The SMILES string of the molecule is O=C1NCCN(S(=O)(=O)c2cccc(C(F)(F)F)c2)C12CCCC2. The average molecular weight is 362 g/mol. The first-order chi connectivity index (χ1) is 11.2. The average Bonchev–Trinajstić information content (AvgIpc) is 2.99. The van der Waals surface area contributed by atoms with Gasteiger partial charge in [-0.1, -0.05) is 18.9 Å². The van der Waals surface area contributed by atoms with Crippen molar-refractivity contribution in [2.45, 2.75) is 42.3 Å². The second-order valence-corrected chi connectivity index (χ2v) is 7.96. The molecule has 2 aliphatic rings. The largest absolute Gasteiger partial charge is 0.416 e. The molecule has 0 unspecified atom stereocenters. The van der Waals surface area contributed by atoms with E-state index >= 15 is 0 Å². The Bertz CT molecular complexity index is 755. The third-order valence-electron chi connectivity index (χ3n) is 4.68. The van der Waals surface area contributed by atoms with Gasteiger partial charge in [-0.15, -0.1) is 0 Å². The topological polar surface area (TPSA) is 66.5 Å². The number of rotatable bonds is 2. The predicted octanol–water partition coefficient (Wildman–Crippen LogP) is 2.14. The highest BCUT2D eigenvalue weighted by molar-refractivity contribution is 7.89. The number of nitrogens with one attached hydrogen (secondary N) is 1. The highest BCUT2D eigenvalue weighted by Crippen LogP contribution is 2.40. The van der Waals surface area contributed by atoms with E-state index in [1.54, 1.807) is 0 Å². The summed E-state index contributed by atoms with van der Waals surface area (Å²) in [7, 11) is -4.20. The van der Waals surface area contributed by atoms with Gasteiger partial charge in [0.25, 0.3) is 0 Å². The van der Waals surface area contributed by atoms with Crippen molar-refractivity contribution in [3.8, 4) is 0 Å². The highest BCUT2D eigenvalue weighted by Gasteiger charge is 2.53. The molecule has 0 atom stereocenters. The monoisotopic (exact) mass is 362 g/mol. The van der Waals surface area contributed by atoms with Gasteiger partial charge in [0.15, 0.2) is 0 Å². The Morgan fingerprint density at radius 1 is 1.17 bits per heavy atom. The summed E-state index contributed by atoms with van der Waals surface area (Å²) in [6, 6.07) is 3.67. The number of hydrogen-bond acceptors (Lipinski definition) is 3. The zero-order valence-electron chi connectivity index (χ0n) is 12.8. The number of carbonyl (C=O) groups is 1. The van der Waals surface area contributed by atoms with Crippen molar-refractivity contribution in [2.24, 2.45) is 0 Å². The molecule has 132 valence electrons. The molecular weight excluding hydrogens is 345 g/mol. The van der Waals surface area contributed by atoms with Crippen LogP contribution in [-0.2, 0) is 21.0 Å². The fraction of sp³-hybridized carbons (Fsp3) is 0.533. The number of sulfonamides is 1. The Balaban J connectivity index is 2.05. The Kier molecular flexibility index (Phi) is 4.11. The van der Waals surface area contributed by atoms with Crippen LogP contribution in [0.3, 0.4) is 0 Å². The number of nitrogens with zero attached hydrogens (tertiary/aromatic N) is 1. The number of benzene rings is 1. The third kappa shape index (κ3) is 2.69. The minimum absolute atomic E-state index is 0.0598. The summed E-state index contributed by atoms with van der Waals surface area (Å²) in [5.74, 6) is -0.359. The summed E-state index contributed by atoms with van der Waals surface area (Å²) >= 11 is 0. The minimum Gasteiger partial charge on any atom is -0.353 e. The molecule has 0 bridgehead atoms. The Labute approximate surface area is 137 Å². The van der Waals surface area contributed by atoms with Gasteiger partial charge in [0.2, 0.25) is 15.9 Å². The maximum absolute atomic E-state index is 13.0. The van der Waals surface area contributed by atoms with Crippen molar-refractivity contribution in [3.05, 3.63) is 29.8 Å². The fourth-order valence-corrected chi connectivity index (χ4v) is 5.35. The first-order valence-corrected chi connectivity index (χ1v) is 9.10. The quantitative estimate of drug-likeness (QED) is 0.877. The summed E-state index contributed by atoms with van der Waals surface area (Å²) in [5.41, 5.74) is -2.20. The molecule has 0 aromatic heterocycles. The molecule has 3 rings (SSSR count). The maximum atomic E-state index is 13.0. The second kappa shape index (κ2) is 5.73. The summed E-state index contributed by atoms with van der Waals surface area (Å²) in [6.07, 6.45) is -2.44. The van der Waals surface area contributed by atoms with E-state index in [4.69, 9.17) is 0 Å². The van der Waals surface area contributed by atoms with Crippen molar-refractivity contribution in [2.75, 3.05) is 13.1 Å². The van der Waals surface area contributed by atoms with Gasteiger partial charge in [-0.3, -0.25) is 4.79 Å². The smallest absolute Gasteiger partial charge is 0.353 e. The Morgan fingerprint density at radius 2 is 1.83 bits per heavy atom. The van der Waals surface area contributed by atoms with Crippen LogP contribution >= 0.6 is 0 Å². The Hall–Kier alpha value is -1.61. The molecule has 1 saturated heterocycles. The summed E-state index contributed by atoms with van der Waals surface area (Å²) < 4.78 is 65.6. The van der Waals surface area contributed by atoms with Crippen molar-refractivity contribution in [1.82, 2.24) is 9.62 Å². The molecule has 1 N–H and O–H groups in total. The van der Waals surface area contributed by atoms with Crippen LogP contribution in [0.25, 0.3) is 0 Å². The van der Waals surface area contributed by atoms with Gasteiger partial charge in [-0.25, -0.2) is 8.42 Å². The van der Waals surface area contributed by atoms with Gasteiger partial charge < -0.3 is 5.32 Å². The molecule has 1 aromatic rings. The summed E-state index contributed by atoms with van der Waals surface area (Å²) in [6.45, 7) is 0.211. The summed E-state index contributed by atoms with van der Waals surface area (Å²) in [4.78, 5) is 11.9. The normalized spacial score (nSPS) is 21.9. The lowest BCUT2D eigenvalue weighted by atomic mass is 9.94. The second-order valence-electron chi connectivity index (χ2n) is 6.10. The van der Waals surface area contributed by atoms with Crippen LogP contribution < -0.4 is 5.32 Å². The molecule has 1 spiro atoms. The lowest BCUT2D eigenvalue weighted by molar-refractivity contribution is -0.137. The zero-order valence-corrected chi connectivity index (χ0v) is 13.6.